The predicted molar refractivity (Wildman–Crippen MR) is 83.1 cm³/mol. The van der Waals surface area contributed by atoms with E-state index >= 15 is 0 Å². The molecule has 0 bridgehead atoms. The van der Waals surface area contributed by atoms with Crippen LogP contribution in [0.2, 0.25) is 5.02 Å². The number of benzene rings is 2. The highest BCUT2D eigenvalue weighted by Crippen LogP contribution is 2.29. The normalized spacial score (nSPS) is 11.8. The van der Waals surface area contributed by atoms with Crippen LogP contribution in [-0.2, 0) is 0 Å². The van der Waals surface area contributed by atoms with Gasteiger partial charge in [-0.15, -0.1) is 0 Å². The molecule has 0 spiro atoms. The van der Waals surface area contributed by atoms with Gasteiger partial charge in [-0.3, -0.25) is 10.1 Å². The molecule has 0 aromatic heterocycles. The molecule has 6 heteroatoms. The minimum atomic E-state index is -0.447. The highest BCUT2D eigenvalue weighted by molar-refractivity contribution is 6.30. The van der Waals surface area contributed by atoms with Crippen molar-refractivity contribution in [1.82, 2.24) is 0 Å². The maximum atomic E-state index is 10.9. The fourth-order valence-electron chi connectivity index (χ4n) is 2.00. The maximum Gasteiger partial charge on any atom is 0.275 e. The summed E-state index contributed by atoms with van der Waals surface area (Å²) >= 11 is 5.97. The van der Waals surface area contributed by atoms with Crippen molar-refractivity contribution in [3.63, 3.8) is 0 Å². The van der Waals surface area contributed by atoms with Crippen molar-refractivity contribution in [2.24, 2.45) is 0 Å². The second kappa shape index (κ2) is 6.45. The summed E-state index contributed by atoms with van der Waals surface area (Å²) in [7, 11) is 1.48. The van der Waals surface area contributed by atoms with Crippen LogP contribution in [0.25, 0.3) is 0 Å². The van der Waals surface area contributed by atoms with Crippen LogP contribution in [0.15, 0.2) is 42.5 Å². The first-order valence-electron chi connectivity index (χ1n) is 6.35. The molecule has 2 rings (SSSR count). The van der Waals surface area contributed by atoms with Gasteiger partial charge in [0, 0.05) is 28.9 Å². The SMILES string of the molecule is COc1cc(NC(C)c2cccc(Cl)c2)cc([N+](=O)[O-])c1. The molecule has 0 saturated carbocycles. The van der Waals surface area contributed by atoms with Crippen LogP contribution in [0.4, 0.5) is 11.4 Å². The van der Waals surface area contributed by atoms with Crippen molar-refractivity contribution in [2.75, 3.05) is 12.4 Å². The Morgan fingerprint density at radius 3 is 2.67 bits per heavy atom. The first kappa shape index (κ1) is 15.1. The lowest BCUT2D eigenvalue weighted by Crippen LogP contribution is -2.07. The molecule has 5 nitrogen and oxygen atoms in total. The molecule has 2 aromatic carbocycles. The van der Waals surface area contributed by atoms with Gasteiger partial charge in [0.05, 0.1) is 18.1 Å². The number of ether oxygens (including phenoxy) is 1. The fraction of sp³-hybridized carbons (Fsp3) is 0.200. The number of hydrogen-bond donors (Lipinski definition) is 1. The molecular formula is C15H15ClN2O3. The van der Waals surface area contributed by atoms with E-state index in [4.69, 9.17) is 16.3 Å². The van der Waals surface area contributed by atoms with Gasteiger partial charge in [0.25, 0.3) is 5.69 Å². The first-order valence-corrected chi connectivity index (χ1v) is 6.73. The molecule has 0 heterocycles. The second-order valence-electron chi connectivity index (χ2n) is 4.60. The van der Waals surface area contributed by atoms with E-state index in [0.29, 0.717) is 16.5 Å². The highest BCUT2D eigenvalue weighted by Gasteiger charge is 2.12. The third-order valence-electron chi connectivity index (χ3n) is 3.07. The maximum absolute atomic E-state index is 10.9. The minimum absolute atomic E-state index is 0.0184. The Hall–Kier alpha value is -2.27. The Bertz CT molecular complexity index is 661. The van der Waals surface area contributed by atoms with E-state index in [2.05, 4.69) is 5.32 Å². The Morgan fingerprint density at radius 1 is 1.29 bits per heavy atom. The van der Waals surface area contributed by atoms with Crippen molar-refractivity contribution in [1.29, 1.82) is 0 Å². The van der Waals surface area contributed by atoms with Gasteiger partial charge in [0.15, 0.2) is 0 Å². The van der Waals surface area contributed by atoms with E-state index in [1.54, 1.807) is 12.1 Å². The molecule has 21 heavy (non-hydrogen) atoms. The summed E-state index contributed by atoms with van der Waals surface area (Å²) in [4.78, 5) is 10.5. The van der Waals surface area contributed by atoms with Crippen LogP contribution in [0.1, 0.15) is 18.5 Å². The lowest BCUT2D eigenvalue weighted by molar-refractivity contribution is -0.384. The van der Waals surface area contributed by atoms with Gasteiger partial charge in [-0.1, -0.05) is 23.7 Å². The Kier molecular flexibility index (Phi) is 4.65. The molecule has 0 radical (unpaired) electrons. The topological polar surface area (TPSA) is 64.4 Å². The van der Waals surface area contributed by atoms with Crippen molar-refractivity contribution in [3.05, 3.63) is 63.2 Å². The number of hydrogen-bond acceptors (Lipinski definition) is 4. The van der Waals surface area contributed by atoms with E-state index in [9.17, 15) is 10.1 Å². The molecule has 1 unspecified atom stereocenters. The van der Waals surface area contributed by atoms with Gasteiger partial charge in [-0.25, -0.2) is 0 Å². The van der Waals surface area contributed by atoms with Crippen molar-refractivity contribution in [2.45, 2.75) is 13.0 Å². The van der Waals surface area contributed by atoms with Crippen LogP contribution in [0.3, 0.4) is 0 Å². The van der Waals surface area contributed by atoms with Crippen LogP contribution in [0, 0.1) is 10.1 Å². The summed E-state index contributed by atoms with van der Waals surface area (Å²) in [6, 6.07) is 12.0. The summed E-state index contributed by atoms with van der Waals surface area (Å²) < 4.78 is 5.09. The Morgan fingerprint density at radius 2 is 2.05 bits per heavy atom. The number of rotatable bonds is 5. The van der Waals surface area contributed by atoms with Crippen molar-refractivity contribution < 1.29 is 9.66 Å². The summed E-state index contributed by atoms with van der Waals surface area (Å²) in [5.74, 6) is 0.435. The second-order valence-corrected chi connectivity index (χ2v) is 5.03. The van der Waals surface area contributed by atoms with Gasteiger partial charge in [-0.2, -0.15) is 0 Å². The number of anilines is 1. The number of nitrogens with zero attached hydrogens (tertiary/aromatic N) is 1. The van der Waals surface area contributed by atoms with Crippen LogP contribution < -0.4 is 10.1 Å². The highest BCUT2D eigenvalue weighted by atomic mass is 35.5. The smallest absolute Gasteiger partial charge is 0.275 e. The largest absolute Gasteiger partial charge is 0.496 e. The average molecular weight is 307 g/mol. The molecule has 0 amide bonds. The summed E-state index contributed by atoms with van der Waals surface area (Å²) in [6.45, 7) is 1.96. The molecule has 0 aliphatic carbocycles. The first-order chi connectivity index (χ1) is 9.99. The molecule has 0 saturated heterocycles. The third-order valence-corrected chi connectivity index (χ3v) is 3.30. The van der Waals surface area contributed by atoms with Gasteiger partial charge in [-0.05, 0) is 24.6 Å². The van der Waals surface area contributed by atoms with Crippen LogP contribution >= 0.6 is 11.6 Å². The summed E-state index contributed by atoms with van der Waals surface area (Å²) in [5.41, 5.74) is 1.59. The van der Waals surface area contributed by atoms with E-state index in [0.717, 1.165) is 5.56 Å². The van der Waals surface area contributed by atoms with Crippen molar-refractivity contribution in [3.8, 4) is 5.75 Å². The molecular weight excluding hydrogens is 292 g/mol. The number of nitrogens with one attached hydrogen (secondary N) is 1. The lowest BCUT2D eigenvalue weighted by atomic mass is 10.1. The summed E-state index contributed by atoms with van der Waals surface area (Å²) in [5, 5.41) is 14.8. The van der Waals surface area contributed by atoms with Gasteiger partial charge >= 0.3 is 0 Å². The van der Waals surface area contributed by atoms with E-state index in [1.807, 2.05) is 25.1 Å². The van der Waals surface area contributed by atoms with Gasteiger partial charge in [0.2, 0.25) is 0 Å². The number of non-ortho nitro benzene ring substituents is 1. The zero-order chi connectivity index (χ0) is 15.4. The molecule has 1 atom stereocenters. The Labute approximate surface area is 127 Å². The van der Waals surface area contributed by atoms with Crippen molar-refractivity contribution >= 4 is 23.0 Å². The molecule has 0 aliphatic heterocycles. The number of halogens is 1. The van der Waals surface area contributed by atoms with E-state index in [1.165, 1.54) is 19.2 Å². The van der Waals surface area contributed by atoms with Crippen LogP contribution in [-0.4, -0.2) is 12.0 Å². The fourth-order valence-corrected chi connectivity index (χ4v) is 2.20. The monoisotopic (exact) mass is 306 g/mol. The molecule has 0 aliphatic rings. The predicted octanol–water partition coefficient (Wildman–Crippen LogP) is 4.43. The van der Waals surface area contributed by atoms with E-state index < -0.39 is 4.92 Å². The third kappa shape index (κ3) is 3.86. The number of nitro groups is 1. The summed E-state index contributed by atoms with van der Waals surface area (Å²) in [6.07, 6.45) is 0. The number of methoxy groups -OCH3 is 1. The molecule has 1 N–H and O–H groups in total. The van der Waals surface area contributed by atoms with Crippen LogP contribution in [0.5, 0.6) is 5.75 Å². The molecule has 0 fully saturated rings. The zero-order valence-corrected chi connectivity index (χ0v) is 12.4. The number of nitro benzene ring substituents is 1. The Balaban J connectivity index is 2.26. The standard InChI is InChI=1S/C15H15ClN2O3/c1-10(11-4-3-5-12(16)6-11)17-13-7-14(18(19)20)9-15(8-13)21-2/h3-10,17H,1-2H3. The molecule has 110 valence electrons. The minimum Gasteiger partial charge on any atom is -0.496 e. The quantitative estimate of drug-likeness (QED) is 0.655. The average Bonchev–Trinajstić information content (AvgIpc) is 2.46. The molecule has 2 aromatic rings. The van der Waals surface area contributed by atoms with E-state index in [-0.39, 0.29) is 11.7 Å². The lowest BCUT2D eigenvalue weighted by Gasteiger charge is -2.16. The van der Waals surface area contributed by atoms with Gasteiger partial charge in [0.1, 0.15) is 5.75 Å². The zero-order valence-electron chi connectivity index (χ0n) is 11.7. The van der Waals surface area contributed by atoms with Gasteiger partial charge < -0.3 is 10.1 Å².